The number of hydrogen-bond donors (Lipinski definition) is 1. The molecule has 0 saturated carbocycles. The third-order valence-electron chi connectivity index (χ3n) is 7.03. The van der Waals surface area contributed by atoms with E-state index in [0.717, 1.165) is 75.2 Å². The van der Waals surface area contributed by atoms with E-state index in [-0.39, 0.29) is 12.5 Å². The number of aliphatic carboxylic acids is 1. The van der Waals surface area contributed by atoms with E-state index in [1.807, 2.05) is 26.2 Å². The number of carboxylic acids is 1. The van der Waals surface area contributed by atoms with E-state index in [1.165, 1.54) is 44.9 Å². The lowest BCUT2D eigenvalue weighted by Crippen LogP contribution is -2.49. The number of allylic oxidation sites excluding steroid dienone is 2. The molecule has 1 N–H and O–H groups in total. The molecule has 7 nitrogen and oxygen atoms in total. The molecule has 7 heteroatoms. The summed E-state index contributed by atoms with van der Waals surface area (Å²) < 4.78 is 1.38. The largest absolute Gasteiger partial charge is 0.544 e. The SMILES string of the molecule is C=CCCCCCCCC(=O)CCCC[N+](C)(C)C.C=CCCCCCCCC(=O)NCCC[N+](C)(C)CC(=O)[O-]. The zero-order chi connectivity index (χ0) is 31.4. The van der Waals surface area contributed by atoms with Crippen LogP contribution in [0.15, 0.2) is 25.3 Å². The number of unbranched alkanes of at least 4 members (excludes halogenated alkanes) is 11. The average Bonchev–Trinajstić information content (AvgIpc) is 2.87. The van der Waals surface area contributed by atoms with E-state index in [4.69, 9.17) is 0 Å². The van der Waals surface area contributed by atoms with E-state index in [2.05, 4.69) is 39.6 Å². The Labute approximate surface area is 253 Å². The standard InChI is InChI=1S/C17H32N2O3.C17H34NO/c1-4-5-6-7-8-9-10-12-16(20)18-13-11-14-19(2,3)15-17(21)22;1-5-6-7-8-9-10-11-14-17(19)15-12-13-16-18(2,3)4/h4H,1,5-15H2,2-3H3,(H-,18,20,21,22);5H,1,6-16H2,2-4H3/q;+1. The van der Waals surface area contributed by atoms with E-state index in [0.29, 0.717) is 29.8 Å². The molecule has 0 spiro atoms. The van der Waals surface area contributed by atoms with Crippen molar-refractivity contribution in [2.24, 2.45) is 0 Å². The zero-order valence-corrected chi connectivity index (χ0v) is 27.7. The minimum atomic E-state index is -1.04. The van der Waals surface area contributed by atoms with Gasteiger partial charge in [-0.15, -0.1) is 13.2 Å². The molecule has 0 rings (SSSR count). The lowest BCUT2D eigenvalue weighted by atomic mass is 10.0. The number of amides is 1. The maximum absolute atomic E-state index is 11.7. The highest BCUT2D eigenvalue weighted by Gasteiger charge is 2.14. The van der Waals surface area contributed by atoms with Gasteiger partial charge in [0.15, 0.2) is 0 Å². The Morgan fingerprint density at radius 2 is 1.10 bits per heavy atom. The summed E-state index contributed by atoms with van der Waals surface area (Å²) in [6.45, 7) is 9.89. The van der Waals surface area contributed by atoms with Gasteiger partial charge in [0.1, 0.15) is 12.3 Å². The van der Waals surface area contributed by atoms with E-state index < -0.39 is 5.97 Å². The Balaban J connectivity index is 0. The van der Waals surface area contributed by atoms with Gasteiger partial charge in [-0.05, 0) is 51.4 Å². The number of likely N-dealkylation sites (N-methyl/N-ethyl adjacent to an activating group) is 1. The minimum Gasteiger partial charge on any atom is -0.544 e. The third kappa shape index (κ3) is 36.0. The van der Waals surface area contributed by atoms with Crippen molar-refractivity contribution in [1.82, 2.24) is 5.32 Å². The lowest BCUT2D eigenvalue weighted by Gasteiger charge is -2.30. The molecule has 0 atom stereocenters. The Morgan fingerprint density at radius 1 is 0.634 bits per heavy atom. The second-order valence-corrected chi connectivity index (χ2v) is 13.1. The number of Topliss-reactive ketones (excluding diaryl/α,β-unsaturated/α-hetero) is 1. The van der Waals surface area contributed by atoms with Crippen LogP contribution in [0.1, 0.15) is 116 Å². The van der Waals surface area contributed by atoms with E-state index in [9.17, 15) is 19.5 Å². The zero-order valence-electron chi connectivity index (χ0n) is 27.7. The normalized spacial score (nSPS) is 11.3. The molecule has 0 bridgehead atoms. The molecule has 0 aliphatic rings. The summed E-state index contributed by atoms with van der Waals surface area (Å²) in [5.74, 6) is -0.481. The molecule has 0 radical (unpaired) electrons. The molecule has 0 aliphatic carbocycles. The molecule has 0 aliphatic heterocycles. The highest BCUT2D eigenvalue weighted by Crippen LogP contribution is 2.10. The maximum Gasteiger partial charge on any atom is 0.219 e. The molecule has 1 amide bonds. The van der Waals surface area contributed by atoms with Gasteiger partial charge in [0, 0.05) is 32.2 Å². The Hall–Kier alpha value is -1.99. The number of carboxylic acid groups (broad SMARTS) is 1. The first kappa shape index (κ1) is 41.1. The van der Waals surface area contributed by atoms with Gasteiger partial charge in [-0.3, -0.25) is 9.59 Å². The van der Waals surface area contributed by atoms with Gasteiger partial charge in [-0.2, -0.15) is 0 Å². The molecule has 0 unspecified atom stereocenters. The highest BCUT2D eigenvalue weighted by atomic mass is 16.4. The predicted molar refractivity (Wildman–Crippen MR) is 171 cm³/mol. The first-order chi connectivity index (χ1) is 19.3. The summed E-state index contributed by atoms with van der Waals surface area (Å²) in [7, 11) is 10.3. The summed E-state index contributed by atoms with van der Waals surface area (Å²) in [6, 6.07) is 0. The number of carbonyl (C=O) groups is 3. The van der Waals surface area contributed by atoms with Crippen LogP contribution in [0.5, 0.6) is 0 Å². The number of ketones is 1. The van der Waals surface area contributed by atoms with Crippen molar-refractivity contribution in [1.29, 1.82) is 0 Å². The van der Waals surface area contributed by atoms with Gasteiger partial charge in [-0.25, -0.2) is 0 Å². The average molecular weight is 581 g/mol. The summed E-state index contributed by atoms with van der Waals surface area (Å²) in [6.07, 6.45) is 23.0. The summed E-state index contributed by atoms with van der Waals surface area (Å²) in [5.41, 5.74) is 0. The monoisotopic (exact) mass is 581 g/mol. The van der Waals surface area contributed by atoms with Crippen molar-refractivity contribution >= 4 is 17.7 Å². The molecular formula is C34H66N3O4+. The van der Waals surface area contributed by atoms with Gasteiger partial charge in [0.05, 0.1) is 54.3 Å². The van der Waals surface area contributed by atoms with Crippen molar-refractivity contribution < 1.29 is 28.5 Å². The molecular weight excluding hydrogens is 514 g/mol. The van der Waals surface area contributed by atoms with Gasteiger partial charge in [-0.1, -0.05) is 50.7 Å². The van der Waals surface area contributed by atoms with Crippen LogP contribution in [-0.2, 0) is 14.4 Å². The van der Waals surface area contributed by atoms with Crippen molar-refractivity contribution in [3.63, 3.8) is 0 Å². The van der Waals surface area contributed by atoms with Crippen molar-refractivity contribution in [2.45, 2.75) is 116 Å². The number of nitrogens with zero attached hydrogens (tertiary/aromatic N) is 2. The van der Waals surface area contributed by atoms with Crippen LogP contribution in [0.4, 0.5) is 0 Å². The number of hydrogen-bond acceptors (Lipinski definition) is 4. The van der Waals surface area contributed by atoms with Gasteiger partial charge < -0.3 is 24.2 Å². The first-order valence-corrected chi connectivity index (χ1v) is 16.2. The molecule has 0 heterocycles. The molecule has 0 fully saturated rings. The number of quaternary nitrogens is 2. The van der Waals surface area contributed by atoms with Crippen molar-refractivity contribution in [2.75, 3.05) is 61.4 Å². The highest BCUT2D eigenvalue weighted by molar-refractivity contribution is 5.78. The van der Waals surface area contributed by atoms with Crippen LogP contribution in [0, 0.1) is 0 Å². The summed E-state index contributed by atoms with van der Waals surface area (Å²) in [5, 5.41) is 13.5. The second kappa shape index (κ2) is 26.9. The second-order valence-electron chi connectivity index (χ2n) is 13.1. The summed E-state index contributed by atoms with van der Waals surface area (Å²) in [4.78, 5) is 33.9. The Kier molecular flexibility index (Phi) is 27.0. The van der Waals surface area contributed by atoms with Crippen LogP contribution in [-0.4, -0.2) is 88.0 Å². The molecule has 0 aromatic heterocycles. The number of nitrogens with one attached hydrogen (secondary N) is 1. The lowest BCUT2D eigenvalue weighted by molar-refractivity contribution is -0.884. The third-order valence-corrected chi connectivity index (χ3v) is 7.03. The van der Waals surface area contributed by atoms with Crippen LogP contribution >= 0.6 is 0 Å². The topological polar surface area (TPSA) is 86.3 Å². The molecule has 41 heavy (non-hydrogen) atoms. The predicted octanol–water partition coefficient (Wildman–Crippen LogP) is 5.58. The van der Waals surface area contributed by atoms with E-state index in [1.54, 1.807) is 0 Å². The number of rotatable bonds is 27. The number of carbonyl (C=O) groups excluding carboxylic acids is 3. The van der Waals surface area contributed by atoms with Crippen molar-refractivity contribution in [3.05, 3.63) is 25.3 Å². The fraction of sp³-hybridized carbons (Fsp3) is 0.794. The van der Waals surface area contributed by atoms with Gasteiger partial charge in [0.25, 0.3) is 0 Å². The first-order valence-electron chi connectivity index (χ1n) is 16.2. The Morgan fingerprint density at radius 3 is 1.59 bits per heavy atom. The quantitative estimate of drug-likeness (QED) is 0.0780. The van der Waals surface area contributed by atoms with Crippen molar-refractivity contribution in [3.8, 4) is 0 Å². The van der Waals surface area contributed by atoms with Crippen LogP contribution in [0.3, 0.4) is 0 Å². The molecule has 0 aromatic carbocycles. The van der Waals surface area contributed by atoms with Gasteiger partial charge >= 0.3 is 0 Å². The van der Waals surface area contributed by atoms with Crippen LogP contribution in [0.2, 0.25) is 0 Å². The molecule has 0 aromatic rings. The van der Waals surface area contributed by atoms with E-state index >= 15 is 0 Å². The maximum atomic E-state index is 11.7. The fourth-order valence-corrected chi connectivity index (χ4v) is 4.53. The smallest absolute Gasteiger partial charge is 0.219 e. The van der Waals surface area contributed by atoms with Gasteiger partial charge in [0.2, 0.25) is 5.91 Å². The Bertz CT molecular complexity index is 699. The van der Waals surface area contributed by atoms with Crippen LogP contribution < -0.4 is 10.4 Å². The summed E-state index contributed by atoms with van der Waals surface area (Å²) >= 11 is 0. The minimum absolute atomic E-state index is 0.000198. The fourth-order valence-electron chi connectivity index (χ4n) is 4.53. The molecule has 0 saturated heterocycles. The van der Waals surface area contributed by atoms with Crippen LogP contribution in [0.25, 0.3) is 0 Å². The molecule has 240 valence electrons.